The second-order valence-corrected chi connectivity index (χ2v) is 8.10. The van der Waals surface area contributed by atoms with Crippen LogP contribution in [-0.4, -0.2) is 12.1 Å². The Balaban J connectivity index is 1.74. The molecule has 0 unspecified atom stereocenters. The van der Waals surface area contributed by atoms with Crippen molar-refractivity contribution in [2.75, 3.05) is 0 Å². The lowest BCUT2D eigenvalue weighted by Crippen LogP contribution is -2.48. The van der Waals surface area contributed by atoms with E-state index in [1.165, 1.54) is 5.57 Å². The van der Waals surface area contributed by atoms with Crippen molar-refractivity contribution < 1.29 is 9.59 Å². The van der Waals surface area contributed by atoms with Crippen LogP contribution in [0.15, 0.2) is 35.5 Å². The Morgan fingerprint density at radius 2 is 2.00 bits per heavy atom. The van der Waals surface area contributed by atoms with Gasteiger partial charge in [0.15, 0.2) is 5.78 Å². The molecule has 0 aliphatic heterocycles. The van der Waals surface area contributed by atoms with E-state index in [-0.39, 0.29) is 16.6 Å². The molecule has 4 aliphatic carbocycles. The van der Waals surface area contributed by atoms with E-state index < -0.39 is 0 Å². The fourth-order valence-corrected chi connectivity index (χ4v) is 5.79. The maximum Gasteiger partial charge on any atom is 0.156 e. The summed E-state index contributed by atoms with van der Waals surface area (Å²) in [5.41, 5.74) is 2.48. The Morgan fingerprint density at radius 1 is 1.18 bits per heavy atom. The van der Waals surface area contributed by atoms with Crippen LogP contribution in [0.3, 0.4) is 0 Å². The fraction of sp³-hybridized carbons (Fsp3) is 0.600. The summed E-state index contributed by atoms with van der Waals surface area (Å²) in [5, 5.41) is 0. The minimum absolute atomic E-state index is 0.0648. The van der Waals surface area contributed by atoms with Gasteiger partial charge < -0.3 is 0 Å². The normalized spacial score (nSPS) is 46.3. The van der Waals surface area contributed by atoms with Crippen LogP contribution in [0, 0.1) is 28.6 Å². The monoisotopic (exact) mass is 296 g/mol. The standard InChI is InChI=1S/C20H24O2/c1-19-9-7-15(22)11-13(19)3-5-16-17-6-4-14(12-21)20(17,2)10-8-18(16)19/h3-5,11-12,16-18H,6-10H2,1-2H3/t16-,17-,18-,19-,20+/m0/s1. The summed E-state index contributed by atoms with van der Waals surface area (Å²) in [6.45, 7) is 4.64. The van der Waals surface area contributed by atoms with Gasteiger partial charge in [-0.25, -0.2) is 0 Å². The van der Waals surface area contributed by atoms with Gasteiger partial charge >= 0.3 is 0 Å². The molecular weight excluding hydrogens is 272 g/mol. The van der Waals surface area contributed by atoms with Crippen LogP contribution < -0.4 is 0 Å². The van der Waals surface area contributed by atoms with Gasteiger partial charge in [0.1, 0.15) is 6.29 Å². The molecule has 2 nitrogen and oxygen atoms in total. The van der Waals surface area contributed by atoms with Gasteiger partial charge in [-0.3, -0.25) is 9.59 Å². The van der Waals surface area contributed by atoms with E-state index in [0.717, 1.165) is 37.5 Å². The van der Waals surface area contributed by atoms with Crippen molar-refractivity contribution in [1.29, 1.82) is 0 Å². The van der Waals surface area contributed by atoms with Crippen molar-refractivity contribution in [3.05, 3.63) is 35.5 Å². The number of hydrogen-bond acceptors (Lipinski definition) is 2. The zero-order valence-electron chi connectivity index (χ0n) is 13.5. The first-order chi connectivity index (χ1) is 10.5. The first kappa shape index (κ1) is 14.2. The van der Waals surface area contributed by atoms with E-state index in [1.807, 2.05) is 6.08 Å². The third-order valence-corrected chi connectivity index (χ3v) is 7.28. The summed E-state index contributed by atoms with van der Waals surface area (Å²) >= 11 is 0. The van der Waals surface area contributed by atoms with Gasteiger partial charge in [0.05, 0.1) is 0 Å². The van der Waals surface area contributed by atoms with Crippen LogP contribution in [0.2, 0.25) is 0 Å². The quantitative estimate of drug-likeness (QED) is 0.685. The number of allylic oxidation sites excluding steroid dienone is 6. The maximum absolute atomic E-state index is 11.8. The smallest absolute Gasteiger partial charge is 0.156 e. The molecule has 0 heterocycles. The van der Waals surface area contributed by atoms with Crippen LogP contribution in [0.5, 0.6) is 0 Å². The molecular formula is C20H24O2. The molecule has 4 rings (SSSR count). The van der Waals surface area contributed by atoms with Gasteiger partial charge in [0, 0.05) is 6.42 Å². The molecule has 1 saturated carbocycles. The summed E-state index contributed by atoms with van der Waals surface area (Å²) in [6.07, 6.45) is 14.7. The highest BCUT2D eigenvalue weighted by Gasteiger charge is 2.55. The topological polar surface area (TPSA) is 34.1 Å². The zero-order chi connectivity index (χ0) is 15.5. The molecule has 0 bridgehead atoms. The highest BCUT2D eigenvalue weighted by Crippen LogP contribution is 2.63. The molecule has 22 heavy (non-hydrogen) atoms. The van der Waals surface area contributed by atoms with Crippen LogP contribution >= 0.6 is 0 Å². The van der Waals surface area contributed by atoms with Crippen LogP contribution in [-0.2, 0) is 9.59 Å². The SMILES string of the molecule is C[C@]12CCC(=O)C=C1C=C[C@@H]1[C@@H]2CC[C@]2(C)C(C=O)=CC[C@@H]12. The molecule has 4 aliphatic rings. The summed E-state index contributed by atoms with van der Waals surface area (Å²) in [4.78, 5) is 23.2. The lowest BCUT2D eigenvalue weighted by Gasteiger charge is -2.55. The van der Waals surface area contributed by atoms with Crippen molar-refractivity contribution in [1.82, 2.24) is 0 Å². The van der Waals surface area contributed by atoms with Crippen LogP contribution in [0.4, 0.5) is 0 Å². The Hall–Kier alpha value is -1.44. The van der Waals surface area contributed by atoms with E-state index in [0.29, 0.717) is 24.2 Å². The van der Waals surface area contributed by atoms with Crippen molar-refractivity contribution in [3.63, 3.8) is 0 Å². The number of rotatable bonds is 1. The third kappa shape index (κ3) is 1.67. The highest BCUT2D eigenvalue weighted by atomic mass is 16.1. The zero-order valence-corrected chi connectivity index (χ0v) is 13.5. The molecule has 2 heteroatoms. The van der Waals surface area contributed by atoms with Gasteiger partial charge in [0.2, 0.25) is 0 Å². The first-order valence-corrected chi connectivity index (χ1v) is 8.58. The Bertz CT molecular complexity index is 638. The molecule has 0 N–H and O–H groups in total. The van der Waals surface area contributed by atoms with Gasteiger partial charge in [-0.15, -0.1) is 0 Å². The van der Waals surface area contributed by atoms with Gasteiger partial charge in [-0.2, -0.15) is 0 Å². The highest BCUT2D eigenvalue weighted by molar-refractivity contribution is 5.92. The summed E-state index contributed by atoms with van der Waals surface area (Å²) < 4.78 is 0. The van der Waals surface area contributed by atoms with Gasteiger partial charge in [0.25, 0.3) is 0 Å². The molecule has 0 radical (unpaired) electrons. The molecule has 0 amide bonds. The molecule has 0 saturated heterocycles. The first-order valence-electron chi connectivity index (χ1n) is 8.58. The van der Waals surface area contributed by atoms with E-state index in [2.05, 4.69) is 32.1 Å². The Kier molecular flexibility index (Phi) is 2.92. The van der Waals surface area contributed by atoms with Gasteiger partial charge in [-0.1, -0.05) is 32.1 Å². The van der Waals surface area contributed by atoms with E-state index in [1.54, 1.807) is 0 Å². The van der Waals surface area contributed by atoms with E-state index in [9.17, 15) is 9.59 Å². The van der Waals surface area contributed by atoms with Crippen molar-refractivity contribution in [3.8, 4) is 0 Å². The average molecular weight is 296 g/mol. The number of aldehydes is 1. The van der Waals surface area contributed by atoms with Crippen LogP contribution in [0.1, 0.15) is 46.0 Å². The fourth-order valence-electron chi connectivity index (χ4n) is 5.79. The lowest BCUT2D eigenvalue weighted by molar-refractivity contribution is -0.116. The Labute approximate surface area is 132 Å². The van der Waals surface area contributed by atoms with Crippen molar-refractivity contribution in [2.24, 2.45) is 28.6 Å². The number of carbonyl (C=O) groups is 2. The molecule has 0 aromatic rings. The molecule has 116 valence electrons. The van der Waals surface area contributed by atoms with E-state index in [4.69, 9.17) is 0 Å². The molecule has 0 spiro atoms. The predicted molar refractivity (Wildman–Crippen MR) is 86.1 cm³/mol. The second-order valence-electron chi connectivity index (χ2n) is 8.10. The van der Waals surface area contributed by atoms with Gasteiger partial charge in [-0.05, 0) is 71.5 Å². The average Bonchev–Trinajstić information content (AvgIpc) is 2.84. The number of hydrogen-bond donors (Lipinski definition) is 0. The Morgan fingerprint density at radius 3 is 2.77 bits per heavy atom. The van der Waals surface area contributed by atoms with Crippen LogP contribution in [0.25, 0.3) is 0 Å². The minimum atomic E-state index is 0.0648. The summed E-state index contributed by atoms with van der Waals surface area (Å²) in [7, 11) is 0. The molecule has 0 aromatic heterocycles. The molecule has 5 atom stereocenters. The van der Waals surface area contributed by atoms with Crippen molar-refractivity contribution >= 4 is 12.1 Å². The number of carbonyl (C=O) groups excluding carboxylic acids is 2. The largest absolute Gasteiger partial charge is 0.298 e. The molecule has 0 aromatic carbocycles. The maximum atomic E-state index is 11.8. The second kappa shape index (κ2) is 4.53. The number of ketones is 1. The minimum Gasteiger partial charge on any atom is -0.298 e. The predicted octanol–water partition coefficient (Wildman–Crippen LogP) is 4.03. The lowest BCUT2D eigenvalue weighted by atomic mass is 9.49. The van der Waals surface area contributed by atoms with E-state index >= 15 is 0 Å². The third-order valence-electron chi connectivity index (χ3n) is 7.28. The number of fused-ring (bicyclic) bond motifs is 5. The van der Waals surface area contributed by atoms with Crippen molar-refractivity contribution in [2.45, 2.75) is 46.0 Å². The molecule has 1 fully saturated rings. The summed E-state index contributed by atoms with van der Waals surface area (Å²) in [5.74, 6) is 2.00. The summed E-state index contributed by atoms with van der Waals surface area (Å²) in [6, 6.07) is 0.